The van der Waals surface area contributed by atoms with Crippen LogP contribution >= 0.6 is 23.5 Å². The van der Waals surface area contributed by atoms with E-state index in [-0.39, 0.29) is 34.5 Å². The summed E-state index contributed by atoms with van der Waals surface area (Å²) in [5.74, 6) is -2.43. The Morgan fingerprint density at radius 1 is 1.02 bits per heavy atom. The molecule has 1 aliphatic rings. The molecule has 4 rings (SSSR count). The van der Waals surface area contributed by atoms with Crippen LogP contribution in [-0.2, 0) is 20.8 Å². The minimum absolute atomic E-state index is 0.0739. The highest BCUT2D eigenvalue weighted by molar-refractivity contribution is 8.14. The summed E-state index contributed by atoms with van der Waals surface area (Å²) in [5, 5.41) is 22.4. The Balaban J connectivity index is 1.57. The van der Waals surface area contributed by atoms with Crippen molar-refractivity contribution in [2.24, 2.45) is 5.92 Å². The molecule has 0 bridgehead atoms. The van der Waals surface area contributed by atoms with E-state index in [4.69, 9.17) is 4.74 Å². The smallest absolute Gasteiger partial charge is 0.326 e. The lowest BCUT2D eigenvalue weighted by Crippen LogP contribution is -2.53. The number of rotatable bonds is 11. The van der Waals surface area contributed by atoms with E-state index in [1.807, 2.05) is 12.1 Å². The van der Waals surface area contributed by atoms with Gasteiger partial charge in [-0.2, -0.15) is 0 Å². The van der Waals surface area contributed by atoms with Gasteiger partial charge in [-0.15, -0.1) is 11.8 Å². The first-order chi connectivity index (χ1) is 20.2. The van der Waals surface area contributed by atoms with E-state index < -0.39 is 41.2 Å². The number of phenolic OH excluding ortho intramolecular Hbond substituents is 1. The predicted octanol–water partition coefficient (Wildman–Crippen LogP) is 4.37. The summed E-state index contributed by atoms with van der Waals surface area (Å²) >= 11 is 2.30. The van der Waals surface area contributed by atoms with Gasteiger partial charge in [0.2, 0.25) is 16.9 Å². The molecule has 3 aromatic carbocycles. The number of hydrogen-bond acceptors (Lipinski definition) is 8. The molecule has 0 aliphatic carbocycles. The Labute approximate surface area is 252 Å². The van der Waals surface area contributed by atoms with Crippen molar-refractivity contribution in [3.05, 3.63) is 95.6 Å². The Morgan fingerprint density at radius 2 is 1.69 bits per heavy atom. The number of nitrogens with zero attached hydrogens (tertiary/aromatic N) is 1. The highest BCUT2D eigenvalue weighted by Gasteiger charge is 2.45. The lowest BCUT2D eigenvalue weighted by molar-refractivity contribution is -0.145. The summed E-state index contributed by atoms with van der Waals surface area (Å²) in [5.41, 5.74) is 1.66. The van der Waals surface area contributed by atoms with Gasteiger partial charge in [0, 0.05) is 35.0 Å². The zero-order chi connectivity index (χ0) is 30.2. The van der Waals surface area contributed by atoms with Crippen molar-refractivity contribution in [2.75, 3.05) is 18.6 Å². The van der Waals surface area contributed by atoms with Gasteiger partial charge in [-0.25, -0.2) is 4.79 Å². The van der Waals surface area contributed by atoms with Crippen molar-refractivity contribution in [2.45, 2.75) is 30.8 Å². The molecule has 0 radical (unpaired) electrons. The Hall–Kier alpha value is -3.96. The third-order valence-electron chi connectivity index (χ3n) is 6.87. The lowest BCUT2D eigenvalue weighted by atomic mass is 10.0. The van der Waals surface area contributed by atoms with E-state index in [1.165, 1.54) is 23.8 Å². The first-order valence-electron chi connectivity index (χ1n) is 13.3. The molecular weight excluding hydrogens is 576 g/mol. The molecule has 0 spiro atoms. The maximum Gasteiger partial charge on any atom is 0.326 e. The normalized spacial score (nSPS) is 17.7. The van der Waals surface area contributed by atoms with E-state index in [2.05, 4.69) is 5.32 Å². The number of thioether (sulfide) groups is 2. The molecule has 2 amide bonds. The average Bonchev–Trinajstić information content (AvgIpc) is 3.45. The van der Waals surface area contributed by atoms with E-state index in [1.54, 1.807) is 73.7 Å². The van der Waals surface area contributed by atoms with Crippen molar-refractivity contribution in [3.63, 3.8) is 0 Å². The minimum atomic E-state index is -1.21. The van der Waals surface area contributed by atoms with Gasteiger partial charge in [0.05, 0.1) is 7.11 Å². The van der Waals surface area contributed by atoms with Crippen molar-refractivity contribution in [1.29, 1.82) is 0 Å². The Morgan fingerprint density at radius 3 is 2.33 bits per heavy atom. The quantitative estimate of drug-likeness (QED) is 0.290. The van der Waals surface area contributed by atoms with E-state index in [9.17, 15) is 29.4 Å². The number of nitrogens with one attached hydrogen (secondary N) is 1. The fraction of sp³-hybridized carbons (Fsp3) is 0.290. The maximum atomic E-state index is 13.9. The van der Waals surface area contributed by atoms with Gasteiger partial charge in [-0.3, -0.25) is 14.4 Å². The van der Waals surface area contributed by atoms with Crippen LogP contribution in [-0.4, -0.2) is 68.7 Å². The van der Waals surface area contributed by atoms with E-state index in [0.717, 1.165) is 17.3 Å². The van der Waals surface area contributed by atoms with Crippen LogP contribution in [0.25, 0.3) is 0 Å². The SMILES string of the molecule is COc1cccc([C@@H]2SC[C@@H](C(=O)NC(Cc3ccccc3)C(=O)O)N2C(=O)[C@H](C)CSC(=O)c2ccccc2)c1O. The van der Waals surface area contributed by atoms with E-state index >= 15 is 0 Å². The zero-order valence-electron chi connectivity index (χ0n) is 23.1. The number of hydrogen-bond donors (Lipinski definition) is 3. The zero-order valence-corrected chi connectivity index (χ0v) is 24.8. The predicted molar refractivity (Wildman–Crippen MR) is 163 cm³/mol. The molecule has 4 atom stereocenters. The lowest BCUT2D eigenvalue weighted by Gasteiger charge is -2.32. The van der Waals surface area contributed by atoms with Crippen molar-refractivity contribution in [1.82, 2.24) is 10.2 Å². The number of carbonyl (C=O) groups excluding carboxylic acids is 3. The number of para-hydroxylation sites is 1. The van der Waals surface area contributed by atoms with Crippen molar-refractivity contribution >= 4 is 46.4 Å². The van der Waals surface area contributed by atoms with Crippen LogP contribution < -0.4 is 10.1 Å². The van der Waals surface area contributed by atoms with Crippen LogP contribution in [0.4, 0.5) is 0 Å². The number of carboxylic acid groups (broad SMARTS) is 1. The molecule has 1 saturated heterocycles. The van der Waals surface area contributed by atoms with Gasteiger partial charge in [-0.05, 0) is 11.6 Å². The number of carbonyl (C=O) groups is 4. The second kappa shape index (κ2) is 14.3. The maximum absolute atomic E-state index is 13.9. The van der Waals surface area contributed by atoms with E-state index in [0.29, 0.717) is 11.1 Å². The van der Waals surface area contributed by atoms with Gasteiger partial charge in [0.1, 0.15) is 17.5 Å². The monoisotopic (exact) mass is 608 g/mol. The number of ether oxygens (including phenoxy) is 1. The number of methoxy groups -OCH3 is 1. The molecule has 1 unspecified atom stereocenters. The van der Waals surface area contributed by atoms with Crippen LogP contribution in [0.1, 0.15) is 33.8 Å². The molecule has 3 aromatic rings. The first kappa shape index (κ1) is 31.0. The van der Waals surface area contributed by atoms with Crippen molar-refractivity contribution < 1.29 is 34.1 Å². The van der Waals surface area contributed by atoms with Gasteiger partial charge in [0.15, 0.2) is 11.5 Å². The summed E-state index contributed by atoms with van der Waals surface area (Å²) in [4.78, 5) is 53.7. The molecule has 42 heavy (non-hydrogen) atoms. The third kappa shape index (κ3) is 7.27. The first-order valence-corrected chi connectivity index (χ1v) is 15.3. The molecule has 220 valence electrons. The second-order valence-electron chi connectivity index (χ2n) is 9.80. The van der Waals surface area contributed by atoms with Crippen LogP contribution in [0, 0.1) is 5.92 Å². The minimum Gasteiger partial charge on any atom is -0.504 e. The molecular formula is C31H32N2O7S2. The fourth-order valence-corrected chi connectivity index (χ4v) is 6.93. The number of benzene rings is 3. The summed E-state index contributed by atoms with van der Waals surface area (Å²) in [6, 6.07) is 20.4. The molecule has 3 N–H and O–H groups in total. The number of aromatic hydroxyl groups is 1. The Bertz CT molecular complexity index is 1420. The van der Waals surface area contributed by atoms with Gasteiger partial charge >= 0.3 is 5.97 Å². The largest absolute Gasteiger partial charge is 0.504 e. The summed E-state index contributed by atoms with van der Waals surface area (Å²) in [6.45, 7) is 1.68. The van der Waals surface area contributed by atoms with Crippen molar-refractivity contribution in [3.8, 4) is 11.5 Å². The molecule has 0 aromatic heterocycles. The fourth-order valence-electron chi connectivity index (χ4n) is 4.62. The number of phenols is 1. The number of aliphatic carboxylic acids is 1. The van der Waals surface area contributed by atoms with Crippen LogP contribution in [0.3, 0.4) is 0 Å². The molecule has 9 nitrogen and oxygen atoms in total. The summed E-state index contributed by atoms with van der Waals surface area (Å²) < 4.78 is 5.26. The molecule has 1 aliphatic heterocycles. The molecule has 11 heteroatoms. The molecule has 0 saturated carbocycles. The third-order valence-corrected chi connectivity index (χ3v) is 9.34. The Kier molecular flexibility index (Phi) is 10.5. The number of carboxylic acids is 1. The summed E-state index contributed by atoms with van der Waals surface area (Å²) in [7, 11) is 1.42. The van der Waals surface area contributed by atoms with Gasteiger partial charge in [0.25, 0.3) is 0 Å². The standard InChI is InChI=1S/C31H32N2O7S2/c1-19(17-42-31(39)21-12-7-4-8-13-21)28(36)33-24(18-41-29(33)22-14-9-15-25(40-2)26(22)34)27(35)32-23(30(37)38)16-20-10-5-3-6-11-20/h3-15,19,23-24,29,34H,16-18H2,1-2H3,(H,32,35)(H,37,38)/t19-,23?,24+,29+/m1/s1. The summed E-state index contributed by atoms with van der Waals surface area (Å²) in [6.07, 6.45) is 0.0739. The van der Waals surface area contributed by atoms with Crippen LogP contribution in [0.15, 0.2) is 78.9 Å². The van der Waals surface area contributed by atoms with Gasteiger partial charge < -0.3 is 25.2 Å². The van der Waals surface area contributed by atoms with Gasteiger partial charge in [-0.1, -0.05) is 91.5 Å². The highest BCUT2D eigenvalue weighted by atomic mass is 32.2. The highest BCUT2D eigenvalue weighted by Crippen LogP contribution is 2.47. The van der Waals surface area contributed by atoms with Crippen LogP contribution in [0.2, 0.25) is 0 Å². The molecule has 1 fully saturated rings. The number of amides is 2. The van der Waals surface area contributed by atoms with Crippen LogP contribution in [0.5, 0.6) is 11.5 Å². The average molecular weight is 609 g/mol. The molecule has 1 heterocycles. The second-order valence-corrected chi connectivity index (χ2v) is 11.9. The topological polar surface area (TPSA) is 133 Å².